The number of hydrogen-bond donors (Lipinski definition) is 2. The highest BCUT2D eigenvalue weighted by Gasteiger charge is 2.15. The van der Waals surface area contributed by atoms with E-state index in [1.54, 1.807) is 41.8 Å². The van der Waals surface area contributed by atoms with Crippen molar-refractivity contribution < 1.29 is 13.2 Å². The van der Waals surface area contributed by atoms with E-state index >= 15 is 0 Å². The number of thiazole rings is 1. The van der Waals surface area contributed by atoms with Gasteiger partial charge in [0.1, 0.15) is 0 Å². The maximum absolute atomic E-state index is 12.5. The Hall–Kier alpha value is -3.11. The van der Waals surface area contributed by atoms with Gasteiger partial charge in [0.2, 0.25) is 5.91 Å². The lowest BCUT2D eigenvalue weighted by Gasteiger charge is -2.06. The number of sulfonamides is 1. The van der Waals surface area contributed by atoms with E-state index in [1.807, 2.05) is 0 Å². The Bertz CT molecular complexity index is 1310. The van der Waals surface area contributed by atoms with Gasteiger partial charge in [-0.05, 0) is 55.0 Å². The van der Waals surface area contributed by atoms with Crippen LogP contribution in [0.4, 0.5) is 22.2 Å². The average molecular weight is 626 g/mol. The van der Waals surface area contributed by atoms with Gasteiger partial charge in [-0.1, -0.05) is 96.8 Å². The number of hydrogen-bond acceptors (Lipinski definition) is 7. The molecule has 0 aliphatic carbocycles. The van der Waals surface area contributed by atoms with Crippen molar-refractivity contribution in [2.24, 2.45) is 10.2 Å². The number of unbranched alkanes of at least 4 members (excludes halogenated alkanes) is 14. The van der Waals surface area contributed by atoms with Crippen LogP contribution in [0.15, 0.2) is 75.2 Å². The Morgan fingerprint density at radius 2 is 1.21 bits per heavy atom. The Kier molecular flexibility index (Phi) is 16.0. The van der Waals surface area contributed by atoms with Crippen molar-refractivity contribution in [2.45, 2.75) is 115 Å². The van der Waals surface area contributed by atoms with Crippen molar-refractivity contribution in [3.63, 3.8) is 0 Å². The lowest BCUT2D eigenvalue weighted by atomic mass is 10.0. The molecule has 0 aliphatic heterocycles. The molecule has 0 fully saturated rings. The number of carbonyl (C=O) groups is 1. The second kappa shape index (κ2) is 20.0. The van der Waals surface area contributed by atoms with Gasteiger partial charge in [-0.25, -0.2) is 13.4 Å². The molecule has 0 spiro atoms. The number of anilines is 2. The topological polar surface area (TPSA) is 113 Å². The minimum Gasteiger partial charge on any atom is -0.326 e. The summed E-state index contributed by atoms with van der Waals surface area (Å²) in [6, 6.07) is 13.3. The summed E-state index contributed by atoms with van der Waals surface area (Å²) in [7, 11) is -3.71. The second-order valence-electron chi connectivity index (χ2n) is 10.9. The summed E-state index contributed by atoms with van der Waals surface area (Å²) >= 11 is 1.21. The fourth-order valence-electron chi connectivity index (χ4n) is 4.75. The number of amides is 1. The van der Waals surface area contributed by atoms with Gasteiger partial charge in [-0.3, -0.25) is 9.52 Å². The number of rotatable bonds is 22. The fourth-order valence-corrected chi connectivity index (χ4v) is 6.54. The van der Waals surface area contributed by atoms with E-state index in [4.69, 9.17) is 0 Å². The van der Waals surface area contributed by atoms with Crippen LogP contribution in [0, 0.1) is 0 Å². The van der Waals surface area contributed by atoms with Crippen molar-refractivity contribution in [2.75, 3.05) is 10.0 Å². The molecule has 2 aromatic carbocycles. The van der Waals surface area contributed by atoms with Crippen LogP contribution in [-0.4, -0.2) is 19.3 Å². The molecule has 0 atom stereocenters. The fraction of sp³-hybridized carbons (Fsp3) is 0.515. The Balaban J connectivity index is 1.24. The lowest BCUT2D eigenvalue weighted by Crippen LogP contribution is -2.12. The zero-order chi connectivity index (χ0) is 30.6. The monoisotopic (exact) mass is 625 g/mol. The molecule has 43 heavy (non-hydrogen) atoms. The number of aromatic nitrogens is 1. The van der Waals surface area contributed by atoms with Crippen LogP contribution in [0.1, 0.15) is 110 Å². The van der Waals surface area contributed by atoms with E-state index in [1.165, 1.54) is 113 Å². The first-order valence-corrected chi connectivity index (χ1v) is 18.2. The van der Waals surface area contributed by atoms with E-state index in [0.29, 0.717) is 22.9 Å². The summed E-state index contributed by atoms with van der Waals surface area (Å²) < 4.78 is 27.3. The molecule has 2 N–H and O–H groups in total. The average Bonchev–Trinajstić information content (AvgIpc) is 3.51. The molecule has 234 valence electrons. The highest BCUT2D eigenvalue weighted by Crippen LogP contribution is 2.23. The Labute approximate surface area is 261 Å². The Morgan fingerprint density at radius 3 is 1.70 bits per heavy atom. The highest BCUT2D eigenvalue weighted by atomic mass is 32.2. The molecule has 3 aromatic rings. The quantitative estimate of drug-likeness (QED) is 0.0854. The van der Waals surface area contributed by atoms with E-state index in [9.17, 15) is 13.2 Å². The molecular formula is C33H47N5O3S2. The standard InChI is InChI=1S/C33H47N5O3S2/c1-2-3-4-5-6-7-8-9-10-11-12-13-14-15-16-17-32(39)35-28-18-20-29(21-19-28)36-37-30-22-24-31(25-23-30)43(40,41)38-33-34-26-27-42-33/h18-27H,2-17H2,1H3,(H,34,38)(H,35,39). The summed E-state index contributed by atoms with van der Waals surface area (Å²) in [4.78, 5) is 16.4. The molecular weight excluding hydrogens is 579 g/mol. The number of carbonyl (C=O) groups excluding carboxylic acids is 1. The smallest absolute Gasteiger partial charge is 0.263 e. The lowest BCUT2D eigenvalue weighted by molar-refractivity contribution is -0.116. The van der Waals surface area contributed by atoms with E-state index in [-0.39, 0.29) is 10.8 Å². The Morgan fingerprint density at radius 1 is 0.721 bits per heavy atom. The van der Waals surface area contributed by atoms with Crippen LogP contribution < -0.4 is 10.0 Å². The van der Waals surface area contributed by atoms with Crippen LogP contribution in [0.5, 0.6) is 0 Å². The summed E-state index contributed by atoms with van der Waals surface area (Å²) in [6.45, 7) is 2.27. The van der Waals surface area contributed by atoms with Gasteiger partial charge in [0.05, 0.1) is 16.3 Å². The van der Waals surface area contributed by atoms with Gasteiger partial charge in [0.25, 0.3) is 10.0 Å². The zero-order valence-corrected chi connectivity index (χ0v) is 27.1. The molecule has 0 bridgehead atoms. The maximum atomic E-state index is 12.5. The summed E-state index contributed by atoms with van der Waals surface area (Å²) in [6.07, 6.45) is 21.7. The number of nitrogens with zero attached hydrogens (tertiary/aromatic N) is 3. The van der Waals surface area contributed by atoms with Crippen molar-refractivity contribution in [3.8, 4) is 0 Å². The first-order chi connectivity index (χ1) is 21.0. The predicted octanol–water partition coefficient (Wildman–Crippen LogP) is 10.6. The third-order valence-electron chi connectivity index (χ3n) is 7.24. The highest BCUT2D eigenvalue weighted by molar-refractivity contribution is 7.93. The number of benzene rings is 2. The van der Waals surface area contributed by atoms with Crippen molar-refractivity contribution >= 4 is 49.5 Å². The van der Waals surface area contributed by atoms with E-state index in [0.717, 1.165) is 18.5 Å². The largest absolute Gasteiger partial charge is 0.326 e. The molecule has 1 aromatic heterocycles. The molecule has 10 heteroatoms. The van der Waals surface area contributed by atoms with Crippen LogP contribution in [0.2, 0.25) is 0 Å². The second-order valence-corrected chi connectivity index (χ2v) is 13.5. The molecule has 0 radical (unpaired) electrons. The van der Waals surface area contributed by atoms with E-state index in [2.05, 4.69) is 32.2 Å². The first-order valence-electron chi connectivity index (χ1n) is 15.8. The van der Waals surface area contributed by atoms with Gasteiger partial charge < -0.3 is 5.32 Å². The number of azo groups is 1. The van der Waals surface area contributed by atoms with Crippen LogP contribution in [-0.2, 0) is 14.8 Å². The van der Waals surface area contributed by atoms with Crippen LogP contribution >= 0.6 is 11.3 Å². The molecule has 0 aliphatic rings. The van der Waals surface area contributed by atoms with Gasteiger partial charge in [-0.2, -0.15) is 10.2 Å². The summed E-state index contributed by atoms with van der Waals surface area (Å²) in [5.74, 6) is 0.0310. The van der Waals surface area contributed by atoms with Crippen LogP contribution in [0.25, 0.3) is 0 Å². The SMILES string of the molecule is CCCCCCCCCCCCCCCCCC(=O)Nc1ccc(N=Nc2ccc(S(=O)(=O)Nc3nccs3)cc2)cc1. The summed E-state index contributed by atoms with van der Waals surface area (Å²) in [5, 5.41) is 13.4. The molecule has 8 nitrogen and oxygen atoms in total. The molecule has 0 saturated carbocycles. The van der Waals surface area contributed by atoms with Gasteiger partial charge >= 0.3 is 0 Å². The first kappa shape index (κ1) is 34.4. The normalized spacial score (nSPS) is 11.7. The third kappa shape index (κ3) is 14.3. The molecule has 1 heterocycles. The number of nitrogens with one attached hydrogen (secondary N) is 2. The van der Waals surface area contributed by atoms with Crippen molar-refractivity contribution in [3.05, 3.63) is 60.1 Å². The zero-order valence-electron chi connectivity index (χ0n) is 25.5. The predicted molar refractivity (Wildman–Crippen MR) is 178 cm³/mol. The third-order valence-corrected chi connectivity index (χ3v) is 9.41. The minimum absolute atomic E-state index is 0.0310. The van der Waals surface area contributed by atoms with Crippen molar-refractivity contribution in [1.29, 1.82) is 0 Å². The van der Waals surface area contributed by atoms with Gasteiger partial charge in [-0.15, -0.1) is 11.3 Å². The molecule has 1 amide bonds. The van der Waals surface area contributed by atoms with Crippen LogP contribution in [0.3, 0.4) is 0 Å². The summed E-state index contributed by atoms with van der Waals surface area (Å²) in [5.41, 5.74) is 1.88. The molecule has 0 saturated heterocycles. The van der Waals surface area contributed by atoms with Gasteiger partial charge in [0, 0.05) is 23.7 Å². The molecule has 0 unspecified atom stereocenters. The van der Waals surface area contributed by atoms with E-state index < -0.39 is 10.0 Å². The molecule has 3 rings (SSSR count). The maximum Gasteiger partial charge on any atom is 0.263 e. The van der Waals surface area contributed by atoms with Gasteiger partial charge in [0.15, 0.2) is 5.13 Å². The minimum atomic E-state index is -3.71. The van der Waals surface area contributed by atoms with Crippen molar-refractivity contribution in [1.82, 2.24) is 4.98 Å².